The molecule has 0 spiro atoms. The van der Waals surface area contributed by atoms with Gasteiger partial charge < -0.3 is 15.0 Å². The highest BCUT2D eigenvalue weighted by Crippen LogP contribution is 2.12. The van der Waals surface area contributed by atoms with Crippen molar-refractivity contribution in [3.05, 3.63) is 0 Å². The third-order valence-electron chi connectivity index (χ3n) is 2.69. The number of ether oxygens (including phenoxy) is 1. The van der Waals surface area contributed by atoms with Crippen LogP contribution in [0, 0.1) is 0 Å². The van der Waals surface area contributed by atoms with Gasteiger partial charge in [-0.05, 0) is 26.4 Å². The Hall–Kier alpha value is -0.120. The number of piperidine rings is 1. The zero-order chi connectivity index (χ0) is 9.52. The van der Waals surface area contributed by atoms with Gasteiger partial charge in [-0.25, -0.2) is 0 Å². The SMILES string of the molecule is CCN1CCC(OCCNC)CC1. The highest BCUT2D eigenvalue weighted by Gasteiger charge is 2.17. The Morgan fingerprint density at radius 2 is 2.08 bits per heavy atom. The molecule has 0 radical (unpaired) electrons. The number of hydrogen-bond acceptors (Lipinski definition) is 3. The highest BCUT2D eigenvalue weighted by molar-refractivity contribution is 4.71. The minimum absolute atomic E-state index is 0.510. The minimum atomic E-state index is 0.510. The Morgan fingerprint density at radius 1 is 1.38 bits per heavy atom. The Morgan fingerprint density at radius 3 is 2.62 bits per heavy atom. The molecular formula is C10H22N2O. The molecule has 0 saturated carbocycles. The summed E-state index contributed by atoms with van der Waals surface area (Å²) in [6, 6.07) is 0. The molecule has 1 saturated heterocycles. The third kappa shape index (κ3) is 4.07. The normalized spacial score (nSPS) is 20.8. The first-order chi connectivity index (χ1) is 6.36. The van der Waals surface area contributed by atoms with Crippen LogP contribution in [-0.4, -0.2) is 50.8 Å². The molecule has 0 amide bonds. The van der Waals surface area contributed by atoms with Gasteiger partial charge in [-0.3, -0.25) is 0 Å². The van der Waals surface area contributed by atoms with Crippen LogP contribution in [0.1, 0.15) is 19.8 Å². The van der Waals surface area contributed by atoms with Crippen LogP contribution in [-0.2, 0) is 4.74 Å². The van der Waals surface area contributed by atoms with Gasteiger partial charge in [0.1, 0.15) is 0 Å². The number of rotatable bonds is 5. The molecule has 1 rings (SSSR count). The van der Waals surface area contributed by atoms with Crippen LogP contribution in [0.15, 0.2) is 0 Å². The van der Waals surface area contributed by atoms with Gasteiger partial charge in [0.15, 0.2) is 0 Å². The summed E-state index contributed by atoms with van der Waals surface area (Å²) in [4.78, 5) is 2.48. The molecule has 3 nitrogen and oxygen atoms in total. The molecule has 0 aromatic carbocycles. The fraction of sp³-hybridized carbons (Fsp3) is 1.00. The van der Waals surface area contributed by atoms with Gasteiger partial charge >= 0.3 is 0 Å². The smallest absolute Gasteiger partial charge is 0.0600 e. The summed E-state index contributed by atoms with van der Waals surface area (Å²) in [6.45, 7) is 7.65. The summed E-state index contributed by atoms with van der Waals surface area (Å²) in [5.41, 5.74) is 0. The van der Waals surface area contributed by atoms with Gasteiger partial charge in [0.2, 0.25) is 0 Å². The Balaban J connectivity index is 2.03. The molecule has 1 aliphatic rings. The molecule has 3 heteroatoms. The molecule has 1 aliphatic heterocycles. The molecule has 1 fully saturated rings. The standard InChI is InChI=1S/C10H22N2O/c1-3-12-7-4-10(5-8-12)13-9-6-11-2/h10-11H,3-9H2,1-2H3. The monoisotopic (exact) mass is 186 g/mol. The lowest BCUT2D eigenvalue weighted by Gasteiger charge is -2.30. The van der Waals surface area contributed by atoms with Crippen molar-refractivity contribution < 1.29 is 4.74 Å². The van der Waals surface area contributed by atoms with E-state index in [1.165, 1.54) is 32.5 Å². The van der Waals surface area contributed by atoms with Crippen molar-refractivity contribution >= 4 is 0 Å². The number of likely N-dealkylation sites (tertiary alicyclic amines) is 1. The second kappa shape index (κ2) is 6.35. The van der Waals surface area contributed by atoms with E-state index < -0.39 is 0 Å². The predicted molar refractivity (Wildman–Crippen MR) is 55.0 cm³/mol. The number of nitrogens with one attached hydrogen (secondary N) is 1. The summed E-state index contributed by atoms with van der Waals surface area (Å²) in [7, 11) is 1.96. The molecule has 13 heavy (non-hydrogen) atoms. The van der Waals surface area contributed by atoms with Crippen LogP contribution >= 0.6 is 0 Å². The first kappa shape index (κ1) is 11.0. The molecule has 0 bridgehead atoms. The summed E-state index contributed by atoms with van der Waals surface area (Å²) in [5, 5.41) is 3.09. The molecule has 0 aliphatic carbocycles. The first-order valence-electron chi connectivity index (χ1n) is 5.35. The fourth-order valence-corrected chi connectivity index (χ4v) is 1.72. The average Bonchev–Trinajstić information content (AvgIpc) is 2.19. The van der Waals surface area contributed by atoms with Crippen LogP contribution in [0.25, 0.3) is 0 Å². The predicted octanol–water partition coefficient (Wildman–Crippen LogP) is 0.707. The maximum absolute atomic E-state index is 5.73. The largest absolute Gasteiger partial charge is 0.377 e. The third-order valence-corrected chi connectivity index (χ3v) is 2.69. The van der Waals surface area contributed by atoms with Crippen molar-refractivity contribution in [2.45, 2.75) is 25.9 Å². The van der Waals surface area contributed by atoms with Gasteiger partial charge in [0.05, 0.1) is 12.7 Å². The lowest BCUT2D eigenvalue weighted by Crippen LogP contribution is -2.37. The second-order valence-corrected chi connectivity index (χ2v) is 3.61. The van der Waals surface area contributed by atoms with Crippen LogP contribution in [0.3, 0.4) is 0 Å². The lowest BCUT2D eigenvalue weighted by atomic mass is 10.1. The van der Waals surface area contributed by atoms with Crippen molar-refractivity contribution in [1.29, 1.82) is 0 Å². The minimum Gasteiger partial charge on any atom is -0.377 e. The summed E-state index contributed by atoms with van der Waals surface area (Å²) < 4.78 is 5.73. The van der Waals surface area contributed by atoms with Crippen molar-refractivity contribution in [2.24, 2.45) is 0 Å². The van der Waals surface area contributed by atoms with E-state index in [9.17, 15) is 0 Å². The number of hydrogen-bond donors (Lipinski definition) is 1. The Bertz CT molecular complexity index is 119. The van der Waals surface area contributed by atoms with Crippen LogP contribution in [0.2, 0.25) is 0 Å². The van der Waals surface area contributed by atoms with E-state index in [0.29, 0.717) is 6.10 Å². The summed E-state index contributed by atoms with van der Waals surface area (Å²) in [5.74, 6) is 0. The van der Waals surface area contributed by atoms with Crippen LogP contribution in [0.5, 0.6) is 0 Å². The molecular weight excluding hydrogens is 164 g/mol. The van der Waals surface area contributed by atoms with Crippen LogP contribution in [0.4, 0.5) is 0 Å². The summed E-state index contributed by atoms with van der Waals surface area (Å²) >= 11 is 0. The maximum atomic E-state index is 5.73. The van der Waals surface area contributed by atoms with Crippen molar-refractivity contribution in [2.75, 3.05) is 39.8 Å². The van der Waals surface area contributed by atoms with Gasteiger partial charge in [-0.1, -0.05) is 6.92 Å². The van der Waals surface area contributed by atoms with Crippen molar-refractivity contribution in [3.63, 3.8) is 0 Å². The highest BCUT2D eigenvalue weighted by atomic mass is 16.5. The van der Waals surface area contributed by atoms with E-state index in [0.717, 1.165) is 13.2 Å². The van der Waals surface area contributed by atoms with E-state index in [1.807, 2.05) is 7.05 Å². The van der Waals surface area contributed by atoms with Crippen molar-refractivity contribution in [1.82, 2.24) is 10.2 Å². The second-order valence-electron chi connectivity index (χ2n) is 3.61. The maximum Gasteiger partial charge on any atom is 0.0600 e. The molecule has 1 heterocycles. The van der Waals surface area contributed by atoms with Gasteiger partial charge in [0, 0.05) is 19.6 Å². The number of nitrogens with zero attached hydrogens (tertiary/aromatic N) is 1. The molecule has 0 aromatic rings. The topological polar surface area (TPSA) is 24.5 Å². The quantitative estimate of drug-likeness (QED) is 0.640. The molecule has 0 atom stereocenters. The van der Waals surface area contributed by atoms with E-state index in [-0.39, 0.29) is 0 Å². The van der Waals surface area contributed by atoms with E-state index in [4.69, 9.17) is 4.74 Å². The van der Waals surface area contributed by atoms with E-state index in [2.05, 4.69) is 17.1 Å². The Labute approximate surface area is 81.4 Å². The zero-order valence-electron chi connectivity index (χ0n) is 8.88. The fourth-order valence-electron chi connectivity index (χ4n) is 1.72. The molecule has 78 valence electrons. The van der Waals surface area contributed by atoms with E-state index >= 15 is 0 Å². The lowest BCUT2D eigenvalue weighted by molar-refractivity contribution is 0.0108. The zero-order valence-corrected chi connectivity index (χ0v) is 8.88. The van der Waals surface area contributed by atoms with E-state index in [1.54, 1.807) is 0 Å². The van der Waals surface area contributed by atoms with Crippen molar-refractivity contribution in [3.8, 4) is 0 Å². The number of likely N-dealkylation sites (N-methyl/N-ethyl adjacent to an activating group) is 1. The van der Waals surface area contributed by atoms with Gasteiger partial charge in [-0.15, -0.1) is 0 Å². The molecule has 0 unspecified atom stereocenters. The Kier molecular flexibility index (Phi) is 5.35. The van der Waals surface area contributed by atoms with Gasteiger partial charge in [-0.2, -0.15) is 0 Å². The average molecular weight is 186 g/mol. The van der Waals surface area contributed by atoms with Gasteiger partial charge in [0.25, 0.3) is 0 Å². The molecule has 0 aromatic heterocycles. The molecule has 1 N–H and O–H groups in total. The summed E-state index contributed by atoms with van der Waals surface area (Å²) in [6.07, 6.45) is 2.92. The van der Waals surface area contributed by atoms with Crippen LogP contribution < -0.4 is 5.32 Å². The first-order valence-corrected chi connectivity index (χ1v) is 5.35.